The number of ether oxygens (including phenoxy) is 1. The summed E-state index contributed by atoms with van der Waals surface area (Å²) in [5, 5.41) is 8.85. The van der Waals surface area contributed by atoms with E-state index < -0.39 is 23.7 Å². The first-order chi connectivity index (χ1) is 7.51. The second-order valence-corrected chi connectivity index (χ2v) is 3.38. The molecule has 1 aromatic rings. The van der Waals surface area contributed by atoms with Crippen LogP contribution < -0.4 is 4.74 Å². The highest BCUT2D eigenvalue weighted by atomic mass is 79.9. The van der Waals surface area contributed by atoms with E-state index in [9.17, 15) is 13.6 Å². The predicted octanol–water partition coefficient (Wildman–Crippen LogP) is 2.62. The molecule has 0 saturated heterocycles. The van der Waals surface area contributed by atoms with Gasteiger partial charge in [0.2, 0.25) is 0 Å². The minimum Gasteiger partial charge on any atom is -0.494 e. The van der Waals surface area contributed by atoms with Crippen molar-refractivity contribution in [1.29, 1.82) is 0 Å². The van der Waals surface area contributed by atoms with Crippen LogP contribution >= 0.6 is 15.9 Å². The maximum Gasteiger partial charge on any atom is 0.354 e. The van der Waals surface area contributed by atoms with Crippen molar-refractivity contribution in [1.82, 2.24) is 4.98 Å². The highest BCUT2D eigenvalue weighted by Crippen LogP contribution is 2.32. The second-order valence-electron chi connectivity index (χ2n) is 2.82. The number of rotatable bonds is 4. The zero-order chi connectivity index (χ0) is 12.3. The zero-order valence-electron chi connectivity index (χ0n) is 8.21. The topological polar surface area (TPSA) is 59.4 Å². The highest BCUT2D eigenvalue weighted by Gasteiger charge is 2.21. The van der Waals surface area contributed by atoms with Gasteiger partial charge in [-0.05, 0) is 6.07 Å². The Morgan fingerprint density at radius 2 is 2.31 bits per heavy atom. The van der Waals surface area contributed by atoms with Crippen molar-refractivity contribution in [2.75, 3.05) is 7.11 Å². The van der Waals surface area contributed by atoms with Crippen LogP contribution in [0.4, 0.5) is 8.78 Å². The van der Waals surface area contributed by atoms with Gasteiger partial charge in [0.15, 0.2) is 0 Å². The number of alkyl halides is 3. The number of carboxylic acids is 1. The molecule has 0 aromatic carbocycles. The van der Waals surface area contributed by atoms with Gasteiger partial charge in [0.1, 0.15) is 11.4 Å². The second kappa shape index (κ2) is 5.20. The maximum absolute atomic E-state index is 12.7. The molecule has 1 aromatic heterocycles. The summed E-state index contributed by atoms with van der Waals surface area (Å²) in [5.74, 6) is -1.44. The molecule has 7 heteroatoms. The van der Waals surface area contributed by atoms with Crippen LogP contribution in [0.25, 0.3) is 0 Å². The number of aromatic nitrogens is 1. The van der Waals surface area contributed by atoms with Crippen molar-refractivity contribution >= 4 is 21.9 Å². The van der Waals surface area contributed by atoms with Gasteiger partial charge in [-0.25, -0.2) is 18.6 Å². The Morgan fingerprint density at radius 1 is 1.69 bits per heavy atom. The fourth-order valence-corrected chi connectivity index (χ4v) is 1.59. The molecule has 0 amide bonds. The average Bonchev–Trinajstić information content (AvgIpc) is 2.26. The first-order valence-corrected chi connectivity index (χ1v) is 5.28. The molecule has 0 spiro atoms. The van der Waals surface area contributed by atoms with E-state index in [2.05, 4.69) is 20.9 Å². The Balaban J connectivity index is 3.43. The lowest BCUT2D eigenvalue weighted by Crippen LogP contribution is -2.07. The number of aromatic carboxylic acids is 1. The van der Waals surface area contributed by atoms with Crippen molar-refractivity contribution < 1.29 is 23.4 Å². The van der Waals surface area contributed by atoms with Gasteiger partial charge in [-0.1, -0.05) is 15.9 Å². The molecule has 0 bridgehead atoms. The third-order valence-corrected chi connectivity index (χ3v) is 2.39. The van der Waals surface area contributed by atoms with Gasteiger partial charge in [0.05, 0.1) is 18.4 Å². The SMILES string of the molecule is COc1c(C(F)F)cc(C(=O)O)nc1CBr. The molecule has 1 N–H and O–H groups in total. The van der Waals surface area contributed by atoms with E-state index in [0.717, 1.165) is 6.07 Å². The van der Waals surface area contributed by atoms with Crippen LogP contribution in [-0.4, -0.2) is 23.2 Å². The molecule has 0 aliphatic rings. The molecule has 1 rings (SSSR count). The Hall–Kier alpha value is -1.24. The molecule has 0 aliphatic carbocycles. The van der Waals surface area contributed by atoms with Crippen molar-refractivity contribution in [3.8, 4) is 5.75 Å². The monoisotopic (exact) mass is 295 g/mol. The van der Waals surface area contributed by atoms with Gasteiger partial charge in [-0.15, -0.1) is 0 Å². The number of pyridine rings is 1. The van der Waals surface area contributed by atoms with E-state index in [1.165, 1.54) is 7.11 Å². The number of methoxy groups -OCH3 is 1. The van der Waals surface area contributed by atoms with E-state index in [4.69, 9.17) is 9.84 Å². The molecular formula is C9H8BrF2NO3. The van der Waals surface area contributed by atoms with Crippen molar-refractivity contribution in [2.24, 2.45) is 0 Å². The van der Waals surface area contributed by atoms with Crippen molar-refractivity contribution in [3.63, 3.8) is 0 Å². The highest BCUT2D eigenvalue weighted by molar-refractivity contribution is 9.08. The van der Waals surface area contributed by atoms with Crippen LogP contribution in [-0.2, 0) is 5.33 Å². The number of carboxylic acid groups (broad SMARTS) is 1. The molecule has 0 fully saturated rings. The van der Waals surface area contributed by atoms with Crippen LogP contribution in [0.3, 0.4) is 0 Å². The molecule has 16 heavy (non-hydrogen) atoms. The third-order valence-electron chi connectivity index (χ3n) is 1.86. The third kappa shape index (κ3) is 2.46. The Morgan fingerprint density at radius 3 is 2.69 bits per heavy atom. The standard InChI is InChI=1S/C9H8BrF2NO3/c1-16-7-4(8(11)12)2-5(9(14)15)13-6(7)3-10/h2,8H,3H2,1H3,(H,14,15). The molecular weight excluding hydrogens is 288 g/mol. The van der Waals surface area contributed by atoms with Crippen LogP contribution in [0.2, 0.25) is 0 Å². The zero-order valence-corrected chi connectivity index (χ0v) is 9.79. The summed E-state index contributed by atoms with van der Waals surface area (Å²) in [6.07, 6.45) is -2.81. The Kier molecular flexibility index (Phi) is 4.17. The summed E-state index contributed by atoms with van der Waals surface area (Å²) in [7, 11) is 1.23. The fraction of sp³-hybridized carbons (Fsp3) is 0.333. The molecule has 88 valence electrons. The van der Waals surface area contributed by atoms with Gasteiger partial charge >= 0.3 is 5.97 Å². The van der Waals surface area contributed by atoms with Crippen molar-refractivity contribution in [3.05, 3.63) is 23.0 Å². The summed E-state index contributed by atoms with van der Waals surface area (Å²) in [6.45, 7) is 0. The van der Waals surface area contributed by atoms with E-state index in [-0.39, 0.29) is 16.8 Å². The first kappa shape index (κ1) is 12.8. The summed E-state index contributed by atoms with van der Waals surface area (Å²) in [5.41, 5.74) is -0.757. The molecule has 0 aliphatic heterocycles. The predicted molar refractivity (Wildman–Crippen MR) is 55.3 cm³/mol. The quantitative estimate of drug-likeness (QED) is 0.868. The Labute approximate surface area is 98.4 Å². The maximum atomic E-state index is 12.7. The lowest BCUT2D eigenvalue weighted by Gasteiger charge is -2.11. The summed E-state index contributed by atoms with van der Waals surface area (Å²) >= 11 is 3.04. The number of hydrogen-bond acceptors (Lipinski definition) is 3. The first-order valence-electron chi connectivity index (χ1n) is 4.16. The molecule has 0 saturated carbocycles. The van der Waals surface area contributed by atoms with Crippen molar-refractivity contribution in [2.45, 2.75) is 11.8 Å². The molecule has 1 heterocycles. The van der Waals surface area contributed by atoms with Gasteiger partial charge in [-0.2, -0.15) is 0 Å². The molecule has 4 nitrogen and oxygen atoms in total. The van der Waals surface area contributed by atoms with E-state index >= 15 is 0 Å². The minimum atomic E-state index is -2.81. The van der Waals surface area contributed by atoms with Gasteiger partial charge in [0.25, 0.3) is 6.43 Å². The largest absolute Gasteiger partial charge is 0.494 e. The lowest BCUT2D eigenvalue weighted by atomic mass is 10.1. The van der Waals surface area contributed by atoms with Crippen LogP contribution in [0.15, 0.2) is 6.07 Å². The minimum absolute atomic E-state index is 0.0862. The van der Waals surface area contributed by atoms with Crippen LogP contribution in [0.5, 0.6) is 5.75 Å². The summed E-state index contributed by atoms with van der Waals surface area (Å²) < 4.78 is 30.1. The van der Waals surface area contributed by atoms with Crippen LogP contribution in [0, 0.1) is 0 Å². The average molecular weight is 296 g/mol. The normalized spacial score (nSPS) is 10.6. The van der Waals surface area contributed by atoms with Gasteiger partial charge in [0, 0.05) is 5.33 Å². The summed E-state index contributed by atoms with van der Waals surface area (Å²) in [6, 6.07) is 0.817. The smallest absolute Gasteiger partial charge is 0.354 e. The van der Waals surface area contributed by atoms with Crippen LogP contribution in [0.1, 0.15) is 28.2 Å². The van der Waals surface area contributed by atoms with E-state index in [1.807, 2.05) is 0 Å². The number of halogens is 3. The number of nitrogens with zero attached hydrogens (tertiary/aromatic N) is 1. The molecule has 0 radical (unpaired) electrons. The summed E-state index contributed by atoms with van der Waals surface area (Å²) in [4.78, 5) is 14.4. The van der Waals surface area contributed by atoms with Gasteiger partial charge in [-0.3, -0.25) is 0 Å². The lowest BCUT2D eigenvalue weighted by molar-refractivity contribution is 0.0689. The van der Waals surface area contributed by atoms with E-state index in [0.29, 0.717) is 0 Å². The molecule has 0 atom stereocenters. The van der Waals surface area contributed by atoms with Gasteiger partial charge < -0.3 is 9.84 Å². The van der Waals surface area contributed by atoms with E-state index in [1.54, 1.807) is 0 Å². The fourth-order valence-electron chi connectivity index (χ4n) is 1.21. The number of carbonyl (C=O) groups is 1. The Bertz CT molecular complexity index is 412. The number of hydrogen-bond donors (Lipinski definition) is 1. The molecule has 0 unspecified atom stereocenters.